The molecule has 0 saturated carbocycles. The molecule has 0 radical (unpaired) electrons. The second kappa shape index (κ2) is 7.71. The van der Waals surface area contributed by atoms with Crippen LogP contribution < -0.4 is 11.1 Å². The van der Waals surface area contributed by atoms with Gasteiger partial charge in [0.25, 0.3) is 5.91 Å². The Morgan fingerprint density at radius 2 is 1.59 bits per heavy atom. The van der Waals surface area contributed by atoms with Gasteiger partial charge in [-0.25, -0.2) is 9.97 Å². The van der Waals surface area contributed by atoms with E-state index in [1.54, 1.807) is 12.1 Å². The monoisotopic (exact) mass is 443 g/mol. The van der Waals surface area contributed by atoms with Crippen LogP contribution in [0.4, 0.5) is 11.4 Å². The van der Waals surface area contributed by atoms with Crippen LogP contribution in [0.3, 0.4) is 0 Å². The van der Waals surface area contributed by atoms with Crippen LogP contribution in [0, 0.1) is 6.92 Å². The number of pyridine rings is 1. The molecule has 6 heteroatoms. The lowest BCUT2D eigenvalue weighted by Crippen LogP contribution is -2.11. The average Bonchev–Trinajstić information content (AvgIpc) is 3.29. The first-order chi connectivity index (χ1) is 16.6. The molecular formula is C28H21N5O. The summed E-state index contributed by atoms with van der Waals surface area (Å²) in [5.41, 5.74) is 13.3. The van der Waals surface area contributed by atoms with Crippen LogP contribution in [0.15, 0.2) is 84.9 Å². The Hall–Kier alpha value is -4.71. The van der Waals surface area contributed by atoms with E-state index in [1.165, 1.54) is 0 Å². The van der Waals surface area contributed by atoms with E-state index in [1.807, 2.05) is 48.5 Å². The van der Waals surface area contributed by atoms with Crippen LogP contribution in [-0.2, 0) is 0 Å². The number of H-pyrrole nitrogens is 1. The number of para-hydroxylation sites is 3. The van der Waals surface area contributed by atoms with Gasteiger partial charge < -0.3 is 16.0 Å². The molecule has 0 fully saturated rings. The fourth-order valence-corrected chi connectivity index (χ4v) is 4.42. The molecule has 0 aliphatic carbocycles. The van der Waals surface area contributed by atoms with Crippen molar-refractivity contribution in [2.24, 2.45) is 5.73 Å². The highest BCUT2D eigenvalue weighted by Crippen LogP contribution is 2.34. The first-order valence-corrected chi connectivity index (χ1v) is 11.0. The number of benzene rings is 4. The fraction of sp³-hybridized carbons (Fsp3) is 0.0357. The van der Waals surface area contributed by atoms with Crippen molar-refractivity contribution in [3.63, 3.8) is 0 Å². The van der Waals surface area contributed by atoms with Gasteiger partial charge in [0.15, 0.2) is 0 Å². The van der Waals surface area contributed by atoms with E-state index in [4.69, 9.17) is 10.7 Å². The number of nitrogens with one attached hydrogen (secondary N) is 2. The Kier molecular flexibility index (Phi) is 4.52. The number of amides is 1. The van der Waals surface area contributed by atoms with Gasteiger partial charge in [-0.3, -0.25) is 4.79 Å². The lowest BCUT2D eigenvalue weighted by molar-refractivity contribution is 0.100. The zero-order chi connectivity index (χ0) is 23.2. The van der Waals surface area contributed by atoms with Gasteiger partial charge >= 0.3 is 0 Å². The third kappa shape index (κ3) is 3.24. The SMILES string of the molecule is Cc1cccc2c(Nc3ccc(-c4nc5c(C(N)=O)cccc5[nH]4)cc3)c3ccccc3nc12. The number of primary amides is 1. The van der Waals surface area contributed by atoms with E-state index in [0.29, 0.717) is 16.9 Å². The summed E-state index contributed by atoms with van der Waals surface area (Å²) in [6.07, 6.45) is 0. The van der Waals surface area contributed by atoms with Crippen LogP contribution >= 0.6 is 0 Å². The van der Waals surface area contributed by atoms with Crippen molar-refractivity contribution in [2.45, 2.75) is 6.92 Å². The third-order valence-electron chi connectivity index (χ3n) is 6.12. The highest BCUT2D eigenvalue weighted by Gasteiger charge is 2.13. The maximum atomic E-state index is 11.7. The molecule has 0 unspecified atom stereocenters. The van der Waals surface area contributed by atoms with Gasteiger partial charge in [0, 0.05) is 22.0 Å². The first-order valence-electron chi connectivity index (χ1n) is 11.0. The van der Waals surface area contributed by atoms with Crippen LogP contribution in [0.1, 0.15) is 15.9 Å². The van der Waals surface area contributed by atoms with E-state index >= 15 is 0 Å². The Morgan fingerprint density at radius 3 is 2.41 bits per heavy atom. The topological polar surface area (TPSA) is 96.7 Å². The van der Waals surface area contributed by atoms with Crippen molar-refractivity contribution < 1.29 is 4.79 Å². The Morgan fingerprint density at radius 1 is 0.824 bits per heavy atom. The summed E-state index contributed by atoms with van der Waals surface area (Å²) in [4.78, 5) is 24.5. The Labute approximate surface area is 195 Å². The smallest absolute Gasteiger partial charge is 0.250 e. The average molecular weight is 444 g/mol. The molecule has 6 rings (SSSR count). The van der Waals surface area contributed by atoms with E-state index in [2.05, 4.69) is 46.5 Å². The number of aromatic amines is 1. The van der Waals surface area contributed by atoms with Gasteiger partial charge in [0.05, 0.1) is 27.8 Å². The van der Waals surface area contributed by atoms with Crippen molar-refractivity contribution in [3.05, 3.63) is 96.1 Å². The van der Waals surface area contributed by atoms with Crippen molar-refractivity contribution in [1.82, 2.24) is 15.0 Å². The number of aryl methyl sites for hydroxylation is 1. The van der Waals surface area contributed by atoms with E-state index < -0.39 is 5.91 Å². The minimum atomic E-state index is -0.491. The second-order valence-corrected chi connectivity index (χ2v) is 8.33. The standard InChI is InChI=1S/C28H21N5O/c1-16-6-4-8-20-24(16)31-22-10-3-2-7-19(22)25(20)30-18-14-12-17(13-15-18)28-32-23-11-5-9-21(27(29)34)26(23)33-28/h2-15H,1H3,(H2,29,34)(H,30,31)(H,32,33). The molecule has 0 bridgehead atoms. The summed E-state index contributed by atoms with van der Waals surface area (Å²) in [7, 11) is 0. The highest BCUT2D eigenvalue weighted by atomic mass is 16.1. The normalized spacial score (nSPS) is 11.3. The molecule has 4 N–H and O–H groups in total. The molecule has 6 nitrogen and oxygen atoms in total. The zero-order valence-electron chi connectivity index (χ0n) is 18.5. The van der Waals surface area contributed by atoms with Gasteiger partial charge in [-0.2, -0.15) is 0 Å². The summed E-state index contributed by atoms with van der Waals surface area (Å²) in [6, 6.07) is 27.8. The van der Waals surface area contributed by atoms with Gasteiger partial charge in [0.1, 0.15) is 11.3 Å². The summed E-state index contributed by atoms with van der Waals surface area (Å²) >= 11 is 0. The number of carbonyl (C=O) groups excluding carboxylic acids is 1. The molecule has 34 heavy (non-hydrogen) atoms. The second-order valence-electron chi connectivity index (χ2n) is 8.33. The van der Waals surface area contributed by atoms with Gasteiger partial charge in [-0.1, -0.05) is 42.5 Å². The number of aromatic nitrogens is 3. The van der Waals surface area contributed by atoms with Crippen molar-refractivity contribution in [3.8, 4) is 11.4 Å². The van der Waals surface area contributed by atoms with Gasteiger partial charge in [-0.15, -0.1) is 0 Å². The predicted molar refractivity (Wildman–Crippen MR) is 137 cm³/mol. The summed E-state index contributed by atoms with van der Waals surface area (Å²) in [6.45, 7) is 2.08. The molecule has 6 aromatic rings. The third-order valence-corrected chi connectivity index (χ3v) is 6.12. The summed E-state index contributed by atoms with van der Waals surface area (Å²) < 4.78 is 0. The molecule has 0 spiro atoms. The van der Waals surface area contributed by atoms with Gasteiger partial charge in [0.2, 0.25) is 0 Å². The number of hydrogen-bond donors (Lipinski definition) is 3. The number of fused-ring (bicyclic) bond motifs is 3. The quantitative estimate of drug-likeness (QED) is 0.288. The number of anilines is 2. The molecular weight excluding hydrogens is 422 g/mol. The molecule has 1 amide bonds. The lowest BCUT2D eigenvalue weighted by Gasteiger charge is -2.14. The van der Waals surface area contributed by atoms with Gasteiger partial charge in [-0.05, 0) is 55.0 Å². The minimum absolute atomic E-state index is 0.407. The van der Waals surface area contributed by atoms with E-state index in [0.717, 1.165) is 49.8 Å². The maximum absolute atomic E-state index is 11.7. The number of nitrogens with two attached hydrogens (primary N) is 1. The van der Waals surface area contributed by atoms with Crippen LogP contribution in [-0.4, -0.2) is 20.9 Å². The molecule has 0 saturated heterocycles. The maximum Gasteiger partial charge on any atom is 0.250 e. The highest BCUT2D eigenvalue weighted by molar-refractivity contribution is 6.09. The van der Waals surface area contributed by atoms with Crippen molar-refractivity contribution >= 4 is 50.1 Å². The molecule has 0 aliphatic rings. The largest absolute Gasteiger partial charge is 0.366 e. The minimum Gasteiger partial charge on any atom is -0.366 e. The van der Waals surface area contributed by atoms with Crippen LogP contribution in [0.25, 0.3) is 44.2 Å². The number of carbonyl (C=O) groups is 1. The van der Waals surface area contributed by atoms with Crippen molar-refractivity contribution in [2.75, 3.05) is 5.32 Å². The molecule has 164 valence electrons. The van der Waals surface area contributed by atoms with Crippen molar-refractivity contribution in [1.29, 1.82) is 0 Å². The molecule has 2 aromatic heterocycles. The zero-order valence-corrected chi connectivity index (χ0v) is 18.5. The predicted octanol–water partition coefficient (Wildman–Crippen LogP) is 6.08. The number of rotatable bonds is 4. The lowest BCUT2D eigenvalue weighted by atomic mass is 10.0. The molecule has 0 atom stereocenters. The summed E-state index contributed by atoms with van der Waals surface area (Å²) in [5, 5.41) is 5.77. The Bertz CT molecular complexity index is 1720. The first kappa shape index (κ1) is 19.9. The van der Waals surface area contributed by atoms with Crippen LogP contribution in [0.5, 0.6) is 0 Å². The number of nitrogens with zero attached hydrogens (tertiary/aromatic N) is 2. The molecule has 4 aromatic carbocycles. The van der Waals surface area contributed by atoms with E-state index in [-0.39, 0.29) is 0 Å². The number of imidazole rings is 1. The number of hydrogen-bond acceptors (Lipinski definition) is 4. The fourth-order valence-electron chi connectivity index (χ4n) is 4.42. The summed E-state index contributed by atoms with van der Waals surface area (Å²) in [5.74, 6) is 0.195. The van der Waals surface area contributed by atoms with E-state index in [9.17, 15) is 4.79 Å². The Balaban J connectivity index is 1.41. The molecule has 0 aliphatic heterocycles. The van der Waals surface area contributed by atoms with Crippen LogP contribution in [0.2, 0.25) is 0 Å². The molecule has 2 heterocycles.